The molecule has 5 rings (SSSR count). The molecule has 0 aliphatic heterocycles. The summed E-state index contributed by atoms with van der Waals surface area (Å²) >= 11 is 7.39. The third-order valence-corrected chi connectivity index (χ3v) is 8.87. The van der Waals surface area contributed by atoms with E-state index in [0.717, 1.165) is 61.3 Å². The van der Waals surface area contributed by atoms with E-state index >= 15 is 0 Å². The van der Waals surface area contributed by atoms with Crippen molar-refractivity contribution in [1.29, 1.82) is 0 Å². The highest BCUT2D eigenvalue weighted by Gasteiger charge is 2.22. The first-order valence-corrected chi connectivity index (χ1v) is 15.3. The molecule has 7 nitrogen and oxygen atoms in total. The van der Waals surface area contributed by atoms with Crippen LogP contribution >= 0.6 is 31.9 Å². The number of unbranched alkanes of at least 4 members (excludes halogenated alkanes) is 5. The SMILES string of the molecule is CCCCCCCCn1c2cc(-c3ccccc3[N+](=O)[O-])c(Br)cc2c2cc(Br)c(-c3ccccc3[N+](=O)[O-])cc21. The van der Waals surface area contributed by atoms with Crippen molar-refractivity contribution in [3.8, 4) is 22.3 Å². The molecule has 0 saturated heterocycles. The smallest absolute Gasteiger partial charge is 0.277 e. The van der Waals surface area contributed by atoms with Crippen LogP contribution in [0.3, 0.4) is 0 Å². The summed E-state index contributed by atoms with van der Waals surface area (Å²) in [5, 5.41) is 25.7. The van der Waals surface area contributed by atoms with Crippen LogP contribution in [0.1, 0.15) is 45.4 Å². The van der Waals surface area contributed by atoms with Gasteiger partial charge in [-0.15, -0.1) is 0 Å². The van der Waals surface area contributed by atoms with E-state index in [2.05, 4.69) is 43.4 Å². The standard InChI is InChI=1S/C32H29Br2N3O4/c1-2-3-4-5-6-11-16-35-31-19-23(21-12-7-9-14-29(21)36(38)39)27(33)17-25(31)26-18-28(34)24(20-32(26)35)22-13-8-10-15-30(22)37(40)41/h7-10,12-15,17-20H,2-6,11,16H2,1H3. The van der Waals surface area contributed by atoms with E-state index in [9.17, 15) is 20.2 Å². The van der Waals surface area contributed by atoms with Crippen molar-refractivity contribution in [1.82, 2.24) is 4.57 Å². The lowest BCUT2D eigenvalue weighted by molar-refractivity contribution is -0.384. The van der Waals surface area contributed by atoms with Crippen LogP contribution in [0.4, 0.5) is 11.4 Å². The Bertz CT molecular complexity index is 1660. The molecular weight excluding hydrogens is 650 g/mol. The molecule has 9 heteroatoms. The molecule has 0 aliphatic carbocycles. The third-order valence-electron chi connectivity index (χ3n) is 7.56. The van der Waals surface area contributed by atoms with Crippen LogP contribution in [-0.4, -0.2) is 14.4 Å². The number of aryl methyl sites for hydroxylation is 1. The van der Waals surface area contributed by atoms with Gasteiger partial charge in [0.2, 0.25) is 0 Å². The lowest BCUT2D eigenvalue weighted by Crippen LogP contribution is -1.99. The van der Waals surface area contributed by atoms with Crippen LogP contribution in [0, 0.1) is 20.2 Å². The molecule has 41 heavy (non-hydrogen) atoms. The van der Waals surface area contributed by atoms with Gasteiger partial charge >= 0.3 is 0 Å². The second kappa shape index (κ2) is 12.5. The summed E-state index contributed by atoms with van der Waals surface area (Å²) in [5.74, 6) is 0. The highest BCUT2D eigenvalue weighted by molar-refractivity contribution is 9.11. The van der Waals surface area contributed by atoms with Crippen molar-refractivity contribution in [2.75, 3.05) is 0 Å². The summed E-state index contributed by atoms with van der Waals surface area (Å²) in [6, 6.07) is 21.6. The van der Waals surface area contributed by atoms with Gasteiger partial charge in [0.25, 0.3) is 11.4 Å². The Morgan fingerprint density at radius 1 is 0.634 bits per heavy atom. The van der Waals surface area contributed by atoms with Crippen LogP contribution in [0.15, 0.2) is 81.7 Å². The zero-order chi connectivity index (χ0) is 29.1. The fourth-order valence-electron chi connectivity index (χ4n) is 5.56. The fraction of sp³-hybridized carbons (Fsp3) is 0.250. The molecule has 0 atom stereocenters. The first-order chi connectivity index (χ1) is 19.8. The second-order valence-corrected chi connectivity index (χ2v) is 11.9. The predicted octanol–water partition coefficient (Wildman–Crippen LogP) is 10.8. The van der Waals surface area contributed by atoms with E-state index in [-0.39, 0.29) is 21.2 Å². The molecule has 1 aromatic heterocycles. The number of nitro groups is 2. The minimum atomic E-state index is -0.353. The highest BCUT2D eigenvalue weighted by Crippen LogP contribution is 2.44. The zero-order valence-electron chi connectivity index (χ0n) is 22.6. The zero-order valence-corrected chi connectivity index (χ0v) is 25.8. The predicted molar refractivity (Wildman–Crippen MR) is 172 cm³/mol. The van der Waals surface area contributed by atoms with E-state index in [1.54, 1.807) is 36.4 Å². The number of nitro benzene ring substituents is 2. The van der Waals surface area contributed by atoms with Crippen molar-refractivity contribution in [2.45, 2.75) is 52.0 Å². The Labute approximate surface area is 254 Å². The van der Waals surface area contributed by atoms with Gasteiger partial charge in [0.05, 0.1) is 21.0 Å². The van der Waals surface area contributed by atoms with Gasteiger partial charge in [-0.1, -0.05) is 95.2 Å². The monoisotopic (exact) mass is 677 g/mol. The molecule has 0 bridgehead atoms. The Morgan fingerprint density at radius 2 is 1.07 bits per heavy atom. The maximum absolute atomic E-state index is 11.8. The van der Waals surface area contributed by atoms with Crippen molar-refractivity contribution >= 4 is 65.0 Å². The number of para-hydroxylation sites is 2. The Hall–Kier alpha value is -3.56. The normalized spacial score (nSPS) is 11.4. The number of benzene rings is 4. The van der Waals surface area contributed by atoms with Crippen LogP contribution < -0.4 is 0 Å². The summed E-state index contributed by atoms with van der Waals surface area (Å²) < 4.78 is 3.79. The van der Waals surface area contributed by atoms with Crippen LogP contribution in [-0.2, 0) is 6.54 Å². The maximum Gasteiger partial charge on any atom is 0.277 e. The molecule has 0 radical (unpaired) electrons. The van der Waals surface area contributed by atoms with E-state index in [1.807, 2.05) is 24.3 Å². The van der Waals surface area contributed by atoms with Crippen LogP contribution in [0.25, 0.3) is 44.1 Å². The second-order valence-electron chi connectivity index (χ2n) is 10.2. The van der Waals surface area contributed by atoms with Gasteiger partial charge in [0.1, 0.15) is 0 Å². The molecule has 0 saturated carbocycles. The number of aromatic nitrogens is 1. The van der Waals surface area contributed by atoms with E-state index in [1.165, 1.54) is 37.8 Å². The van der Waals surface area contributed by atoms with E-state index < -0.39 is 0 Å². The molecular formula is C32H29Br2N3O4. The Balaban J connectivity index is 1.72. The minimum Gasteiger partial charge on any atom is -0.340 e. The molecule has 0 fully saturated rings. The molecule has 0 aliphatic rings. The summed E-state index contributed by atoms with van der Waals surface area (Å²) in [6.07, 6.45) is 6.89. The molecule has 210 valence electrons. The van der Waals surface area contributed by atoms with Gasteiger partial charge in [0.15, 0.2) is 0 Å². The average molecular weight is 679 g/mol. The van der Waals surface area contributed by atoms with Gasteiger partial charge < -0.3 is 4.57 Å². The van der Waals surface area contributed by atoms with Crippen molar-refractivity contribution in [3.63, 3.8) is 0 Å². The number of halogens is 2. The molecule has 5 aromatic rings. The minimum absolute atomic E-state index is 0.0487. The van der Waals surface area contributed by atoms with Gasteiger partial charge in [-0.25, -0.2) is 0 Å². The Morgan fingerprint density at radius 3 is 1.54 bits per heavy atom. The molecule has 4 aromatic carbocycles. The topological polar surface area (TPSA) is 91.2 Å². The van der Waals surface area contributed by atoms with Gasteiger partial charge in [0, 0.05) is 60.6 Å². The molecule has 0 spiro atoms. The van der Waals surface area contributed by atoms with Crippen LogP contribution in [0.2, 0.25) is 0 Å². The number of fused-ring (bicyclic) bond motifs is 3. The highest BCUT2D eigenvalue weighted by atomic mass is 79.9. The quantitative estimate of drug-likeness (QED) is 0.0789. The first-order valence-electron chi connectivity index (χ1n) is 13.7. The summed E-state index contributed by atoms with van der Waals surface area (Å²) in [7, 11) is 0. The Kier molecular flexibility index (Phi) is 8.85. The molecule has 0 N–H and O–H groups in total. The number of hydrogen-bond donors (Lipinski definition) is 0. The summed E-state index contributed by atoms with van der Waals surface area (Å²) in [4.78, 5) is 23.0. The lowest BCUT2D eigenvalue weighted by Gasteiger charge is -2.11. The van der Waals surface area contributed by atoms with Crippen LogP contribution in [0.5, 0.6) is 0 Å². The largest absolute Gasteiger partial charge is 0.340 e. The summed E-state index contributed by atoms with van der Waals surface area (Å²) in [5.41, 5.74) is 4.62. The number of nitrogens with zero attached hydrogens (tertiary/aromatic N) is 3. The molecule has 1 heterocycles. The maximum atomic E-state index is 11.8. The van der Waals surface area contributed by atoms with Gasteiger partial charge in [-0.2, -0.15) is 0 Å². The summed E-state index contributed by atoms with van der Waals surface area (Å²) in [6.45, 7) is 2.97. The lowest BCUT2D eigenvalue weighted by atomic mass is 10.00. The first kappa shape index (κ1) is 29.0. The van der Waals surface area contributed by atoms with E-state index in [0.29, 0.717) is 11.1 Å². The fourth-order valence-corrected chi connectivity index (χ4v) is 6.67. The van der Waals surface area contributed by atoms with Gasteiger partial charge in [-0.3, -0.25) is 20.2 Å². The van der Waals surface area contributed by atoms with E-state index in [4.69, 9.17) is 0 Å². The number of rotatable bonds is 11. The van der Waals surface area contributed by atoms with Crippen molar-refractivity contribution in [2.24, 2.45) is 0 Å². The molecule has 0 unspecified atom stereocenters. The number of hydrogen-bond acceptors (Lipinski definition) is 4. The molecule has 0 amide bonds. The van der Waals surface area contributed by atoms with Crippen molar-refractivity contribution in [3.05, 3.63) is 102 Å². The third kappa shape index (κ3) is 5.78. The van der Waals surface area contributed by atoms with Gasteiger partial charge in [-0.05, 0) is 42.8 Å². The van der Waals surface area contributed by atoms with Crippen molar-refractivity contribution < 1.29 is 9.85 Å². The average Bonchev–Trinajstić information content (AvgIpc) is 3.24.